The van der Waals surface area contributed by atoms with Crippen LogP contribution in [0.15, 0.2) is 54.0 Å². The van der Waals surface area contributed by atoms with Gasteiger partial charge < -0.3 is 14.8 Å². The molecule has 1 atom stereocenters. The van der Waals surface area contributed by atoms with Gasteiger partial charge in [0, 0.05) is 6.54 Å². The lowest BCUT2D eigenvalue weighted by molar-refractivity contribution is 0.0790. The highest BCUT2D eigenvalue weighted by molar-refractivity contribution is 7.13. The minimum absolute atomic E-state index is 0.182. The molecule has 152 valence electrons. The van der Waals surface area contributed by atoms with E-state index in [1.54, 1.807) is 22.2 Å². The summed E-state index contributed by atoms with van der Waals surface area (Å²) in [6.07, 6.45) is 1.45. The first kappa shape index (κ1) is 18.6. The number of ether oxygens (including phenoxy) is 2. The number of carbonyl (C=O) groups is 1. The molecule has 0 spiro atoms. The number of aryl methyl sites for hydroxylation is 1. The summed E-state index contributed by atoms with van der Waals surface area (Å²) in [5, 5.41) is 10.1. The van der Waals surface area contributed by atoms with Crippen LogP contribution in [0.1, 0.15) is 17.3 Å². The van der Waals surface area contributed by atoms with E-state index in [-0.39, 0.29) is 12.0 Å². The molecule has 7 nitrogen and oxygen atoms in total. The number of rotatable bonds is 5. The zero-order valence-corrected chi connectivity index (χ0v) is 17.2. The molecule has 1 unspecified atom stereocenters. The number of aromatic nitrogens is 3. The van der Waals surface area contributed by atoms with Crippen molar-refractivity contribution in [3.05, 3.63) is 59.6 Å². The first-order valence-corrected chi connectivity index (χ1v) is 10.7. The van der Waals surface area contributed by atoms with E-state index in [0.29, 0.717) is 36.7 Å². The number of thiophene rings is 1. The van der Waals surface area contributed by atoms with Gasteiger partial charge in [-0.2, -0.15) is 5.10 Å². The Morgan fingerprint density at radius 2 is 2.13 bits per heavy atom. The largest absolute Gasteiger partial charge is 0.486 e. The molecule has 0 aliphatic carbocycles. The smallest absolute Gasteiger partial charge is 0.252 e. The Morgan fingerprint density at radius 1 is 1.27 bits per heavy atom. The van der Waals surface area contributed by atoms with E-state index in [2.05, 4.69) is 10.4 Å². The lowest BCUT2D eigenvalue weighted by Crippen LogP contribution is -2.40. The third-order valence-corrected chi connectivity index (χ3v) is 5.88. The molecule has 8 heteroatoms. The summed E-state index contributed by atoms with van der Waals surface area (Å²) in [5.74, 6) is 1.24. The maximum atomic E-state index is 13.1. The number of amides is 1. The normalized spacial score (nSPS) is 15.3. The first-order chi connectivity index (χ1) is 14.7. The molecule has 1 aliphatic heterocycles. The van der Waals surface area contributed by atoms with Gasteiger partial charge in [-0.25, -0.2) is 9.67 Å². The summed E-state index contributed by atoms with van der Waals surface area (Å²) in [6.45, 7) is 3.41. The number of benzene rings is 1. The molecule has 1 amide bonds. The van der Waals surface area contributed by atoms with Gasteiger partial charge >= 0.3 is 0 Å². The Hall–Kier alpha value is -3.39. The van der Waals surface area contributed by atoms with E-state index in [9.17, 15) is 4.79 Å². The third-order valence-electron chi connectivity index (χ3n) is 4.98. The molecule has 0 saturated carbocycles. The van der Waals surface area contributed by atoms with Gasteiger partial charge in [-0.05, 0) is 36.6 Å². The molecule has 4 aromatic rings. The number of fused-ring (bicyclic) bond motifs is 2. The highest BCUT2D eigenvalue weighted by Gasteiger charge is 2.23. The topological polar surface area (TPSA) is 78.3 Å². The molecule has 1 aromatic carbocycles. The second-order valence-corrected chi connectivity index (χ2v) is 7.89. The average Bonchev–Trinajstić information content (AvgIpc) is 3.46. The molecule has 1 aliphatic rings. The molecular formula is C22H20N4O3S. The van der Waals surface area contributed by atoms with Crippen LogP contribution in [0.2, 0.25) is 0 Å². The fourth-order valence-electron chi connectivity index (χ4n) is 3.48. The first-order valence-electron chi connectivity index (χ1n) is 9.80. The summed E-state index contributed by atoms with van der Waals surface area (Å²) < 4.78 is 13.5. The van der Waals surface area contributed by atoms with Gasteiger partial charge in [0.2, 0.25) is 0 Å². The lowest BCUT2D eigenvalue weighted by atomic mass is 10.1. The molecule has 0 radical (unpaired) electrons. The zero-order chi connectivity index (χ0) is 20.5. The quantitative estimate of drug-likeness (QED) is 0.532. The van der Waals surface area contributed by atoms with Crippen LogP contribution in [-0.2, 0) is 6.54 Å². The third kappa shape index (κ3) is 3.39. The lowest BCUT2D eigenvalue weighted by Gasteiger charge is -2.26. The van der Waals surface area contributed by atoms with Crippen molar-refractivity contribution in [2.75, 3.05) is 13.2 Å². The summed E-state index contributed by atoms with van der Waals surface area (Å²) in [5.41, 5.74) is 2.03. The van der Waals surface area contributed by atoms with Crippen molar-refractivity contribution >= 4 is 28.3 Å². The fourth-order valence-corrected chi connectivity index (χ4v) is 4.17. The molecule has 1 N–H and O–H groups in total. The van der Waals surface area contributed by atoms with Crippen molar-refractivity contribution in [3.63, 3.8) is 0 Å². The Balaban J connectivity index is 1.40. The van der Waals surface area contributed by atoms with E-state index in [1.807, 2.05) is 54.8 Å². The predicted molar refractivity (Wildman–Crippen MR) is 115 cm³/mol. The maximum absolute atomic E-state index is 13.1. The van der Waals surface area contributed by atoms with E-state index in [1.165, 1.54) is 0 Å². The monoisotopic (exact) mass is 420 g/mol. The number of nitrogens with one attached hydrogen (secondary N) is 1. The van der Waals surface area contributed by atoms with Crippen LogP contribution in [0, 0.1) is 0 Å². The van der Waals surface area contributed by atoms with Crippen molar-refractivity contribution in [2.24, 2.45) is 0 Å². The van der Waals surface area contributed by atoms with E-state index >= 15 is 0 Å². The summed E-state index contributed by atoms with van der Waals surface area (Å²) in [4.78, 5) is 18.9. The second kappa shape index (κ2) is 7.79. The van der Waals surface area contributed by atoms with Gasteiger partial charge in [-0.1, -0.05) is 18.2 Å². The molecule has 5 rings (SSSR count). The predicted octanol–water partition coefficient (Wildman–Crippen LogP) is 3.75. The van der Waals surface area contributed by atoms with Gasteiger partial charge in [-0.15, -0.1) is 11.3 Å². The SMILES string of the molecule is CCn1ncc2c(C(=O)NCC3COc4ccccc4O3)cc(-c3cccs3)nc21. The Morgan fingerprint density at radius 3 is 2.93 bits per heavy atom. The van der Waals surface area contributed by atoms with Gasteiger partial charge in [0.05, 0.1) is 34.3 Å². The summed E-state index contributed by atoms with van der Waals surface area (Å²) in [7, 11) is 0. The molecule has 3 aromatic heterocycles. The van der Waals surface area contributed by atoms with E-state index in [0.717, 1.165) is 21.7 Å². The summed E-state index contributed by atoms with van der Waals surface area (Å²) >= 11 is 1.59. The minimum atomic E-state index is -0.253. The zero-order valence-electron chi connectivity index (χ0n) is 16.4. The maximum Gasteiger partial charge on any atom is 0.252 e. The van der Waals surface area contributed by atoms with Crippen LogP contribution >= 0.6 is 11.3 Å². The highest BCUT2D eigenvalue weighted by Crippen LogP contribution is 2.31. The van der Waals surface area contributed by atoms with Gasteiger partial charge in [0.25, 0.3) is 5.91 Å². The molecule has 0 bridgehead atoms. The van der Waals surface area contributed by atoms with Crippen LogP contribution in [0.5, 0.6) is 11.5 Å². The van der Waals surface area contributed by atoms with Crippen LogP contribution in [0.25, 0.3) is 21.6 Å². The number of carbonyl (C=O) groups excluding carboxylic acids is 1. The number of hydrogen-bond donors (Lipinski definition) is 1. The van der Waals surface area contributed by atoms with Crippen LogP contribution in [0.4, 0.5) is 0 Å². The van der Waals surface area contributed by atoms with Crippen LogP contribution in [0.3, 0.4) is 0 Å². The van der Waals surface area contributed by atoms with Crippen molar-refractivity contribution < 1.29 is 14.3 Å². The van der Waals surface area contributed by atoms with Crippen molar-refractivity contribution in [1.82, 2.24) is 20.1 Å². The minimum Gasteiger partial charge on any atom is -0.486 e. The van der Waals surface area contributed by atoms with Crippen molar-refractivity contribution in [3.8, 4) is 22.1 Å². The second-order valence-electron chi connectivity index (χ2n) is 6.94. The highest BCUT2D eigenvalue weighted by atomic mass is 32.1. The standard InChI is InChI=1S/C22H20N4O3S/c1-2-26-21-16(12-24-26)15(10-17(25-21)20-8-5-9-30-20)22(27)23-11-14-13-28-18-6-3-4-7-19(18)29-14/h3-10,12,14H,2,11,13H2,1H3,(H,23,27). The molecule has 30 heavy (non-hydrogen) atoms. The van der Waals surface area contributed by atoms with Crippen molar-refractivity contribution in [1.29, 1.82) is 0 Å². The van der Waals surface area contributed by atoms with Gasteiger partial charge in [-0.3, -0.25) is 4.79 Å². The van der Waals surface area contributed by atoms with Gasteiger partial charge in [0.1, 0.15) is 12.7 Å². The molecule has 4 heterocycles. The van der Waals surface area contributed by atoms with E-state index in [4.69, 9.17) is 14.5 Å². The summed E-state index contributed by atoms with van der Waals surface area (Å²) in [6, 6.07) is 13.3. The number of nitrogens with zero attached hydrogens (tertiary/aromatic N) is 3. The Labute approximate surface area is 177 Å². The molecular weight excluding hydrogens is 400 g/mol. The van der Waals surface area contributed by atoms with Crippen LogP contribution < -0.4 is 14.8 Å². The van der Waals surface area contributed by atoms with E-state index < -0.39 is 0 Å². The van der Waals surface area contributed by atoms with Crippen LogP contribution in [-0.4, -0.2) is 39.9 Å². The Bertz CT molecular complexity index is 1200. The Kier molecular flexibility index (Phi) is 4.84. The van der Waals surface area contributed by atoms with Gasteiger partial charge in [0.15, 0.2) is 17.1 Å². The average molecular weight is 420 g/mol. The molecule has 0 fully saturated rings. The van der Waals surface area contributed by atoms with Crippen molar-refractivity contribution in [2.45, 2.75) is 19.6 Å². The number of pyridine rings is 1. The number of para-hydroxylation sites is 2. The number of hydrogen-bond acceptors (Lipinski definition) is 6. The molecule has 0 saturated heterocycles. The fraction of sp³-hybridized carbons (Fsp3) is 0.227.